The van der Waals surface area contributed by atoms with Gasteiger partial charge in [0.25, 0.3) is 0 Å². The molecule has 14 heavy (non-hydrogen) atoms. The predicted molar refractivity (Wildman–Crippen MR) is 66.9 cm³/mol. The molecule has 0 aliphatic rings. The first-order chi connectivity index (χ1) is 6.65. The van der Waals surface area contributed by atoms with Gasteiger partial charge in [-0.3, -0.25) is 0 Å². The molecule has 1 aromatic carbocycles. The third kappa shape index (κ3) is 3.02. The fourth-order valence-electron chi connectivity index (χ4n) is 1.53. The van der Waals surface area contributed by atoms with Crippen LogP contribution in [-0.4, -0.2) is 6.04 Å². The van der Waals surface area contributed by atoms with E-state index in [1.807, 2.05) is 0 Å². The van der Waals surface area contributed by atoms with Crippen molar-refractivity contribution in [1.29, 1.82) is 0 Å². The summed E-state index contributed by atoms with van der Waals surface area (Å²) in [6.07, 6.45) is 2.43. The zero-order valence-corrected chi connectivity index (χ0v) is 10.7. The van der Waals surface area contributed by atoms with Crippen molar-refractivity contribution in [3.05, 3.63) is 28.2 Å². The molecule has 0 bridgehead atoms. The number of hydrogen-bond acceptors (Lipinski definition) is 1. The first-order valence-corrected chi connectivity index (χ1v) is 5.96. The summed E-state index contributed by atoms with van der Waals surface area (Å²) in [5, 5.41) is 3.51. The Hall–Kier alpha value is -0.500. The number of nitrogens with one attached hydrogen (secondary N) is 1. The molecule has 0 saturated heterocycles. The van der Waals surface area contributed by atoms with Crippen LogP contribution in [0.25, 0.3) is 0 Å². The minimum atomic E-state index is 0.540. The molecule has 1 rings (SSSR count). The number of hydrogen-bond donors (Lipinski definition) is 1. The van der Waals surface area contributed by atoms with Gasteiger partial charge >= 0.3 is 0 Å². The molecule has 1 nitrogen and oxygen atoms in total. The molecule has 1 atom stereocenters. The van der Waals surface area contributed by atoms with Gasteiger partial charge in [0.05, 0.1) is 0 Å². The van der Waals surface area contributed by atoms with E-state index in [4.69, 9.17) is 0 Å². The quantitative estimate of drug-likeness (QED) is 0.844. The standard InChI is InChI=1S/C12H18BrN/c1-4-6-10(3)14-11-8-5-7-9(2)12(11)13/h5,7-8,10,14H,4,6H2,1-3H3. The Morgan fingerprint density at radius 2 is 2.14 bits per heavy atom. The van der Waals surface area contributed by atoms with Gasteiger partial charge in [-0.25, -0.2) is 0 Å². The van der Waals surface area contributed by atoms with Crippen LogP contribution in [0.5, 0.6) is 0 Å². The highest BCUT2D eigenvalue weighted by Crippen LogP contribution is 2.26. The van der Waals surface area contributed by atoms with Gasteiger partial charge in [0.1, 0.15) is 0 Å². The topological polar surface area (TPSA) is 12.0 Å². The summed E-state index contributed by atoms with van der Waals surface area (Å²) in [5.41, 5.74) is 2.48. The molecular formula is C12H18BrN. The van der Waals surface area contributed by atoms with Crippen LogP contribution in [-0.2, 0) is 0 Å². The summed E-state index contributed by atoms with van der Waals surface area (Å²) >= 11 is 3.60. The summed E-state index contributed by atoms with van der Waals surface area (Å²) < 4.78 is 1.18. The van der Waals surface area contributed by atoms with Gasteiger partial charge in [-0.05, 0) is 47.8 Å². The molecule has 0 aliphatic heterocycles. The largest absolute Gasteiger partial charge is 0.382 e. The van der Waals surface area contributed by atoms with Crippen LogP contribution in [0.3, 0.4) is 0 Å². The van der Waals surface area contributed by atoms with Crippen molar-refractivity contribution in [2.45, 2.75) is 39.7 Å². The molecule has 0 aromatic heterocycles. The van der Waals surface area contributed by atoms with Crippen LogP contribution in [0.15, 0.2) is 22.7 Å². The molecule has 0 fully saturated rings. The van der Waals surface area contributed by atoms with E-state index in [0.717, 1.165) is 0 Å². The second-order valence-electron chi connectivity index (χ2n) is 3.77. The molecule has 1 N–H and O–H groups in total. The Morgan fingerprint density at radius 1 is 1.43 bits per heavy atom. The normalized spacial score (nSPS) is 12.6. The van der Waals surface area contributed by atoms with E-state index in [0.29, 0.717) is 6.04 Å². The van der Waals surface area contributed by atoms with E-state index in [9.17, 15) is 0 Å². The van der Waals surface area contributed by atoms with Gasteiger partial charge in [0.2, 0.25) is 0 Å². The van der Waals surface area contributed by atoms with Crippen LogP contribution >= 0.6 is 15.9 Å². The summed E-state index contributed by atoms with van der Waals surface area (Å²) in [6, 6.07) is 6.85. The lowest BCUT2D eigenvalue weighted by molar-refractivity contribution is 0.690. The minimum absolute atomic E-state index is 0.540. The maximum atomic E-state index is 3.60. The summed E-state index contributed by atoms with van der Waals surface area (Å²) in [5.74, 6) is 0. The first kappa shape index (κ1) is 11.6. The Kier molecular flexibility index (Phi) is 4.46. The van der Waals surface area contributed by atoms with Gasteiger partial charge in [-0.15, -0.1) is 0 Å². The van der Waals surface area contributed by atoms with Crippen molar-refractivity contribution in [2.75, 3.05) is 5.32 Å². The van der Waals surface area contributed by atoms with Gasteiger partial charge in [0.15, 0.2) is 0 Å². The summed E-state index contributed by atoms with van der Waals surface area (Å²) in [4.78, 5) is 0. The molecule has 0 spiro atoms. The number of aryl methyl sites for hydroxylation is 1. The van der Waals surface area contributed by atoms with Gasteiger partial charge in [-0.1, -0.05) is 25.5 Å². The molecule has 0 amide bonds. The predicted octanol–water partition coefficient (Wildman–Crippen LogP) is 4.36. The van der Waals surface area contributed by atoms with E-state index in [1.165, 1.54) is 28.6 Å². The third-order valence-electron chi connectivity index (χ3n) is 2.32. The third-order valence-corrected chi connectivity index (χ3v) is 3.37. The highest BCUT2D eigenvalue weighted by molar-refractivity contribution is 9.10. The van der Waals surface area contributed by atoms with Gasteiger partial charge < -0.3 is 5.32 Å². The number of rotatable bonds is 4. The molecule has 1 aromatic rings. The van der Waals surface area contributed by atoms with Gasteiger partial charge in [-0.2, -0.15) is 0 Å². The minimum Gasteiger partial charge on any atom is -0.382 e. The fourth-order valence-corrected chi connectivity index (χ4v) is 1.91. The highest BCUT2D eigenvalue weighted by atomic mass is 79.9. The summed E-state index contributed by atoms with van der Waals surface area (Å²) in [6.45, 7) is 6.54. The number of halogens is 1. The average molecular weight is 256 g/mol. The Morgan fingerprint density at radius 3 is 2.79 bits per heavy atom. The van der Waals surface area contributed by atoms with E-state index in [-0.39, 0.29) is 0 Å². The average Bonchev–Trinajstić information content (AvgIpc) is 2.13. The highest BCUT2D eigenvalue weighted by Gasteiger charge is 2.05. The van der Waals surface area contributed by atoms with E-state index in [2.05, 4.69) is 60.2 Å². The van der Waals surface area contributed by atoms with Crippen molar-refractivity contribution < 1.29 is 0 Å². The van der Waals surface area contributed by atoms with Crippen molar-refractivity contribution >= 4 is 21.6 Å². The van der Waals surface area contributed by atoms with Crippen molar-refractivity contribution in [1.82, 2.24) is 0 Å². The Balaban J connectivity index is 2.71. The SMILES string of the molecule is CCCC(C)Nc1cccc(C)c1Br. The smallest absolute Gasteiger partial charge is 0.0489 e. The Labute approximate surface area is 95.0 Å². The molecule has 0 aliphatic carbocycles. The second kappa shape index (κ2) is 5.40. The van der Waals surface area contributed by atoms with Gasteiger partial charge in [0, 0.05) is 16.2 Å². The molecule has 0 radical (unpaired) electrons. The van der Waals surface area contributed by atoms with Crippen LogP contribution in [0, 0.1) is 6.92 Å². The lowest BCUT2D eigenvalue weighted by Crippen LogP contribution is -2.14. The lowest BCUT2D eigenvalue weighted by atomic mass is 10.1. The molecule has 0 heterocycles. The molecule has 0 saturated carbocycles. The van der Waals surface area contributed by atoms with Crippen molar-refractivity contribution in [3.63, 3.8) is 0 Å². The molecule has 78 valence electrons. The van der Waals surface area contributed by atoms with Crippen LogP contribution in [0.2, 0.25) is 0 Å². The van der Waals surface area contributed by atoms with E-state index in [1.54, 1.807) is 0 Å². The van der Waals surface area contributed by atoms with E-state index < -0.39 is 0 Å². The molecule has 2 heteroatoms. The van der Waals surface area contributed by atoms with Crippen LogP contribution in [0.4, 0.5) is 5.69 Å². The second-order valence-corrected chi connectivity index (χ2v) is 4.56. The maximum Gasteiger partial charge on any atom is 0.0489 e. The van der Waals surface area contributed by atoms with Crippen LogP contribution in [0.1, 0.15) is 32.3 Å². The first-order valence-electron chi connectivity index (χ1n) is 5.16. The number of anilines is 1. The Bertz CT molecular complexity index is 296. The molecule has 1 unspecified atom stereocenters. The fraction of sp³-hybridized carbons (Fsp3) is 0.500. The maximum absolute atomic E-state index is 3.60. The monoisotopic (exact) mass is 255 g/mol. The van der Waals surface area contributed by atoms with Crippen molar-refractivity contribution in [2.24, 2.45) is 0 Å². The lowest BCUT2D eigenvalue weighted by Gasteiger charge is -2.16. The summed E-state index contributed by atoms with van der Waals surface area (Å²) in [7, 11) is 0. The van der Waals surface area contributed by atoms with E-state index >= 15 is 0 Å². The molecular weight excluding hydrogens is 238 g/mol. The van der Waals surface area contributed by atoms with Crippen molar-refractivity contribution in [3.8, 4) is 0 Å². The number of benzene rings is 1. The zero-order chi connectivity index (χ0) is 10.6. The zero-order valence-electron chi connectivity index (χ0n) is 9.10. The van der Waals surface area contributed by atoms with Crippen LogP contribution < -0.4 is 5.32 Å².